The van der Waals surface area contributed by atoms with E-state index in [1.807, 2.05) is 0 Å². The molecule has 2 amide bonds. The van der Waals surface area contributed by atoms with Crippen molar-refractivity contribution in [3.8, 4) is 11.8 Å². The summed E-state index contributed by atoms with van der Waals surface area (Å²) >= 11 is 12.0. The fourth-order valence-corrected chi connectivity index (χ4v) is 4.10. The molecule has 0 saturated heterocycles. The average Bonchev–Trinajstić information content (AvgIpc) is 2.79. The van der Waals surface area contributed by atoms with Crippen molar-refractivity contribution in [1.29, 1.82) is 5.26 Å². The van der Waals surface area contributed by atoms with Gasteiger partial charge in [0, 0.05) is 17.6 Å². The lowest BCUT2D eigenvalue weighted by Gasteiger charge is -2.09. The lowest BCUT2D eigenvalue weighted by molar-refractivity contribution is -0.114. The molecule has 11 heteroatoms. The summed E-state index contributed by atoms with van der Waals surface area (Å²) in [6, 6.07) is 17.6. The van der Waals surface area contributed by atoms with Gasteiger partial charge in [0.15, 0.2) is 0 Å². The Bertz CT molecular complexity index is 1460. The summed E-state index contributed by atoms with van der Waals surface area (Å²) in [5.74, 6) is -1.04. The Morgan fingerprint density at radius 1 is 1.00 bits per heavy atom. The summed E-state index contributed by atoms with van der Waals surface area (Å²) < 4.78 is 30.5. The van der Waals surface area contributed by atoms with Crippen LogP contribution in [-0.4, -0.2) is 20.2 Å². The SMILES string of the molecule is CC(=O)Nc1ccc(S(=O)(=O)Oc2cccc(/C=C(\C#N)C(=O)Nc3cc(Cl)ccc3Cl)c2)cc1. The van der Waals surface area contributed by atoms with Crippen molar-refractivity contribution in [3.63, 3.8) is 0 Å². The van der Waals surface area contributed by atoms with Crippen LogP contribution in [0.2, 0.25) is 10.0 Å². The molecule has 3 rings (SSSR count). The predicted molar refractivity (Wildman–Crippen MR) is 134 cm³/mol. The molecule has 0 aliphatic carbocycles. The smallest absolute Gasteiger partial charge is 0.339 e. The van der Waals surface area contributed by atoms with Gasteiger partial charge in [-0.25, -0.2) is 0 Å². The number of halogens is 2. The quantitative estimate of drug-likeness (QED) is 0.244. The van der Waals surface area contributed by atoms with Crippen molar-refractivity contribution in [1.82, 2.24) is 0 Å². The number of carbonyl (C=O) groups excluding carboxylic acids is 2. The number of rotatable bonds is 7. The number of nitriles is 1. The van der Waals surface area contributed by atoms with Gasteiger partial charge >= 0.3 is 10.1 Å². The summed E-state index contributed by atoms with van der Waals surface area (Å²) in [5, 5.41) is 15.1. The second kappa shape index (κ2) is 11.1. The minimum atomic E-state index is -4.18. The van der Waals surface area contributed by atoms with Gasteiger partial charge in [0.25, 0.3) is 5.91 Å². The van der Waals surface area contributed by atoms with E-state index < -0.39 is 16.0 Å². The van der Waals surface area contributed by atoms with Crippen LogP contribution in [0.15, 0.2) is 77.2 Å². The zero-order valence-corrected chi connectivity index (χ0v) is 20.4. The number of amides is 2. The molecule has 35 heavy (non-hydrogen) atoms. The Morgan fingerprint density at radius 2 is 1.71 bits per heavy atom. The first-order chi connectivity index (χ1) is 16.6. The minimum Gasteiger partial charge on any atom is -0.379 e. The van der Waals surface area contributed by atoms with Crippen LogP contribution >= 0.6 is 23.2 Å². The van der Waals surface area contributed by atoms with Crippen LogP contribution in [0.3, 0.4) is 0 Å². The van der Waals surface area contributed by atoms with Gasteiger partial charge in [0.2, 0.25) is 5.91 Å². The molecule has 0 unspecified atom stereocenters. The van der Waals surface area contributed by atoms with E-state index in [2.05, 4.69) is 10.6 Å². The molecule has 0 atom stereocenters. The third-order valence-electron chi connectivity index (χ3n) is 4.38. The Balaban J connectivity index is 1.79. The van der Waals surface area contributed by atoms with Gasteiger partial charge in [-0.15, -0.1) is 0 Å². The van der Waals surface area contributed by atoms with Gasteiger partial charge in [-0.2, -0.15) is 13.7 Å². The molecule has 178 valence electrons. The summed E-state index contributed by atoms with van der Waals surface area (Å²) in [6.07, 6.45) is 1.27. The zero-order chi connectivity index (χ0) is 25.6. The normalized spacial score (nSPS) is 11.3. The molecule has 0 aliphatic rings. The van der Waals surface area contributed by atoms with Gasteiger partial charge in [-0.3, -0.25) is 9.59 Å². The maximum absolute atomic E-state index is 12.6. The van der Waals surface area contributed by atoms with Crippen LogP contribution in [0.4, 0.5) is 11.4 Å². The largest absolute Gasteiger partial charge is 0.379 e. The molecule has 0 saturated carbocycles. The van der Waals surface area contributed by atoms with E-state index in [0.29, 0.717) is 16.3 Å². The topological polar surface area (TPSA) is 125 Å². The van der Waals surface area contributed by atoms with Crippen LogP contribution in [-0.2, 0) is 19.7 Å². The van der Waals surface area contributed by atoms with Gasteiger partial charge in [-0.05, 0) is 66.2 Å². The number of nitrogens with zero attached hydrogens (tertiary/aromatic N) is 1. The second-order valence-electron chi connectivity index (χ2n) is 7.06. The second-order valence-corrected chi connectivity index (χ2v) is 9.45. The standard InChI is InChI=1S/C24H17Cl2N3O5S/c1-15(30)28-19-6-8-21(9-7-19)35(32,33)34-20-4-2-3-16(12-20)11-17(14-27)24(31)29-23-13-18(25)5-10-22(23)26/h2-13H,1H3,(H,28,30)(H,29,31)/b17-11+. The van der Waals surface area contributed by atoms with Crippen molar-refractivity contribution in [2.45, 2.75) is 11.8 Å². The highest BCUT2D eigenvalue weighted by Crippen LogP contribution is 2.26. The van der Waals surface area contributed by atoms with Crippen LogP contribution in [0.25, 0.3) is 6.08 Å². The Hall–Kier alpha value is -3.84. The predicted octanol–water partition coefficient (Wildman–Crippen LogP) is 5.27. The molecular formula is C24H17Cl2N3O5S. The van der Waals surface area contributed by atoms with Gasteiger partial charge in [0.05, 0.1) is 10.7 Å². The average molecular weight is 530 g/mol. The summed E-state index contributed by atoms with van der Waals surface area (Å²) in [6.45, 7) is 1.34. The van der Waals surface area contributed by atoms with Crippen LogP contribution in [0.1, 0.15) is 12.5 Å². The molecule has 2 N–H and O–H groups in total. The van der Waals surface area contributed by atoms with Crippen LogP contribution in [0.5, 0.6) is 5.75 Å². The van der Waals surface area contributed by atoms with Crippen molar-refractivity contribution in [2.24, 2.45) is 0 Å². The van der Waals surface area contributed by atoms with Gasteiger partial charge < -0.3 is 14.8 Å². The highest BCUT2D eigenvalue weighted by Gasteiger charge is 2.17. The van der Waals surface area contributed by atoms with E-state index in [9.17, 15) is 23.3 Å². The van der Waals surface area contributed by atoms with E-state index in [1.54, 1.807) is 18.2 Å². The van der Waals surface area contributed by atoms with Crippen molar-refractivity contribution < 1.29 is 22.2 Å². The maximum atomic E-state index is 12.6. The van der Waals surface area contributed by atoms with E-state index >= 15 is 0 Å². The number of benzene rings is 3. The van der Waals surface area contributed by atoms with Crippen LogP contribution in [0, 0.1) is 11.3 Å². The molecule has 0 aromatic heterocycles. The molecule has 0 fully saturated rings. The fourth-order valence-electron chi connectivity index (χ4n) is 2.84. The minimum absolute atomic E-state index is 0.0275. The van der Waals surface area contributed by atoms with Gasteiger partial charge in [-0.1, -0.05) is 35.3 Å². The number of anilines is 2. The highest BCUT2D eigenvalue weighted by atomic mass is 35.5. The van der Waals surface area contributed by atoms with E-state index in [4.69, 9.17) is 27.4 Å². The molecule has 8 nitrogen and oxygen atoms in total. The van der Waals surface area contributed by atoms with E-state index in [1.165, 1.54) is 67.6 Å². The molecule has 0 bridgehead atoms. The summed E-state index contributed by atoms with van der Waals surface area (Å²) in [4.78, 5) is 23.5. The molecule has 0 spiro atoms. The maximum Gasteiger partial charge on any atom is 0.339 e. The highest BCUT2D eigenvalue weighted by molar-refractivity contribution is 7.87. The molecule has 3 aromatic rings. The number of carbonyl (C=O) groups is 2. The third kappa shape index (κ3) is 7.07. The molecular weight excluding hydrogens is 513 g/mol. The number of hydrogen-bond acceptors (Lipinski definition) is 6. The first-order valence-electron chi connectivity index (χ1n) is 9.88. The lowest BCUT2D eigenvalue weighted by Crippen LogP contribution is -2.13. The zero-order valence-electron chi connectivity index (χ0n) is 18.1. The summed E-state index contributed by atoms with van der Waals surface area (Å²) in [7, 11) is -4.18. The Kier molecular flexibility index (Phi) is 8.14. The monoisotopic (exact) mass is 529 g/mol. The molecule has 0 aliphatic heterocycles. The molecule has 0 heterocycles. The van der Waals surface area contributed by atoms with Gasteiger partial charge in [0.1, 0.15) is 22.3 Å². The number of hydrogen-bond donors (Lipinski definition) is 2. The van der Waals surface area contributed by atoms with Crippen molar-refractivity contribution in [3.05, 3.63) is 87.9 Å². The molecule has 0 radical (unpaired) electrons. The van der Waals surface area contributed by atoms with Crippen molar-refractivity contribution >= 4 is 62.6 Å². The van der Waals surface area contributed by atoms with Crippen molar-refractivity contribution in [2.75, 3.05) is 10.6 Å². The third-order valence-corrected chi connectivity index (χ3v) is 6.21. The van der Waals surface area contributed by atoms with E-state index in [-0.39, 0.29) is 32.8 Å². The molecule has 3 aromatic carbocycles. The first kappa shape index (κ1) is 25.8. The Labute approximate surface area is 211 Å². The van der Waals surface area contributed by atoms with E-state index in [0.717, 1.165) is 0 Å². The first-order valence-corrected chi connectivity index (χ1v) is 12.0. The van der Waals surface area contributed by atoms with Crippen LogP contribution < -0.4 is 14.8 Å². The number of nitrogens with one attached hydrogen (secondary N) is 2. The fraction of sp³-hybridized carbons (Fsp3) is 0.0417. The Morgan fingerprint density at radius 3 is 2.37 bits per heavy atom. The summed E-state index contributed by atoms with van der Waals surface area (Å²) in [5.41, 5.74) is 0.764. The lowest BCUT2D eigenvalue weighted by atomic mass is 10.1.